The predicted octanol–water partition coefficient (Wildman–Crippen LogP) is 2.62. The molecule has 1 N–H and O–H groups in total. The number of fused-ring (bicyclic) bond motifs is 1. The third kappa shape index (κ3) is 2.75. The van der Waals surface area contributed by atoms with Crippen LogP contribution < -0.4 is 14.8 Å². The average molecular weight is 335 g/mol. The number of halogens is 1. The first kappa shape index (κ1) is 12.9. The number of amides is 1. The molecule has 1 aromatic carbocycles. The molecule has 0 radical (unpaired) electrons. The predicted molar refractivity (Wildman–Crippen MR) is 76.9 cm³/mol. The molecule has 0 fully saturated rings. The van der Waals surface area contributed by atoms with Crippen LogP contribution in [-0.4, -0.2) is 23.6 Å². The molecule has 5 nitrogen and oxygen atoms in total. The van der Waals surface area contributed by atoms with E-state index < -0.39 is 6.10 Å². The molecule has 1 amide bonds. The summed E-state index contributed by atoms with van der Waals surface area (Å²) in [4.78, 5) is 16.2. The Bertz CT molecular complexity index is 648. The number of hydrogen-bond donors (Lipinski definition) is 1. The zero-order valence-electron chi connectivity index (χ0n) is 10.4. The van der Waals surface area contributed by atoms with Crippen LogP contribution >= 0.6 is 15.9 Å². The van der Waals surface area contributed by atoms with Gasteiger partial charge in [0.05, 0.1) is 0 Å². The maximum absolute atomic E-state index is 12.1. The molecular formula is C14H11BrN2O3. The maximum Gasteiger partial charge on any atom is 0.270 e. The topological polar surface area (TPSA) is 60.5 Å². The van der Waals surface area contributed by atoms with E-state index in [0.717, 1.165) is 4.47 Å². The van der Waals surface area contributed by atoms with Crippen LogP contribution in [0.15, 0.2) is 47.1 Å². The normalized spacial score (nSPS) is 16.6. The molecule has 2 heterocycles. The molecule has 1 aliphatic heterocycles. The number of ether oxygens (including phenoxy) is 2. The molecule has 0 saturated carbocycles. The molecule has 20 heavy (non-hydrogen) atoms. The number of anilines is 1. The largest absolute Gasteiger partial charge is 0.485 e. The number of para-hydroxylation sites is 2. The number of aromatic nitrogens is 1. The third-order valence-corrected chi connectivity index (χ3v) is 3.27. The monoisotopic (exact) mass is 334 g/mol. The summed E-state index contributed by atoms with van der Waals surface area (Å²) in [6.45, 7) is 0.177. The minimum atomic E-state index is -0.689. The number of benzene rings is 1. The molecule has 3 rings (SSSR count). The third-order valence-electron chi connectivity index (χ3n) is 2.77. The van der Waals surface area contributed by atoms with Gasteiger partial charge in [-0.1, -0.05) is 28.1 Å². The molecule has 1 unspecified atom stereocenters. The Labute approximate surface area is 124 Å². The van der Waals surface area contributed by atoms with Crippen molar-refractivity contribution in [1.82, 2.24) is 4.98 Å². The summed E-state index contributed by atoms with van der Waals surface area (Å²) >= 11 is 3.32. The number of hydrogen-bond acceptors (Lipinski definition) is 4. The molecule has 1 aromatic heterocycles. The highest BCUT2D eigenvalue weighted by Gasteiger charge is 2.27. The van der Waals surface area contributed by atoms with Gasteiger partial charge in [0.15, 0.2) is 11.5 Å². The number of carbonyl (C=O) groups is 1. The van der Waals surface area contributed by atoms with E-state index in [4.69, 9.17) is 9.47 Å². The molecule has 0 aliphatic carbocycles. The molecule has 102 valence electrons. The molecule has 6 heteroatoms. The van der Waals surface area contributed by atoms with Crippen molar-refractivity contribution in [2.24, 2.45) is 0 Å². The molecular weight excluding hydrogens is 324 g/mol. The van der Waals surface area contributed by atoms with Crippen LogP contribution in [-0.2, 0) is 4.79 Å². The molecule has 0 bridgehead atoms. The Hall–Kier alpha value is -2.08. The Balaban J connectivity index is 1.70. The van der Waals surface area contributed by atoms with E-state index in [1.807, 2.05) is 12.1 Å². The Morgan fingerprint density at radius 3 is 2.90 bits per heavy atom. The van der Waals surface area contributed by atoms with Crippen LogP contribution in [0.2, 0.25) is 0 Å². The summed E-state index contributed by atoms with van der Waals surface area (Å²) in [5.74, 6) is 1.40. The second-order valence-electron chi connectivity index (χ2n) is 4.21. The SMILES string of the molecule is O=C(Nc1cc(Br)ccn1)C1COc2ccccc2O1. The van der Waals surface area contributed by atoms with E-state index in [1.165, 1.54) is 0 Å². The number of carbonyl (C=O) groups excluding carboxylic acids is 1. The van der Waals surface area contributed by atoms with Crippen molar-refractivity contribution in [3.05, 3.63) is 47.1 Å². The fourth-order valence-corrected chi connectivity index (χ4v) is 2.16. The van der Waals surface area contributed by atoms with Gasteiger partial charge in [-0.25, -0.2) is 4.98 Å². The van der Waals surface area contributed by atoms with Gasteiger partial charge in [0, 0.05) is 10.7 Å². The highest BCUT2D eigenvalue weighted by atomic mass is 79.9. The van der Waals surface area contributed by atoms with Gasteiger partial charge in [-0.3, -0.25) is 4.79 Å². The van der Waals surface area contributed by atoms with Crippen LogP contribution in [0.1, 0.15) is 0 Å². The van der Waals surface area contributed by atoms with E-state index >= 15 is 0 Å². The number of pyridine rings is 1. The van der Waals surface area contributed by atoms with E-state index in [-0.39, 0.29) is 12.5 Å². The van der Waals surface area contributed by atoms with Crippen molar-refractivity contribution < 1.29 is 14.3 Å². The van der Waals surface area contributed by atoms with E-state index in [9.17, 15) is 4.79 Å². The number of nitrogens with zero attached hydrogens (tertiary/aromatic N) is 1. The van der Waals surface area contributed by atoms with E-state index in [1.54, 1.807) is 30.5 Å². The minimum absolute atomic E-state index is 0.177. The standard InChI is InChI=1S/C14H11BrN2O3/c15-9-5-6-16-13(7-9)17-14(18)12-8-19-10-3-1-2-4-11(10)20-12/h1-7,12H,8H2,(H,16,17,18). The molecule has 0 spiro atoms. The summed E-state index contributed by atoms with van der Waals surface area (Å²) in [7, 11) is 0. The van der Waals surface area contributed by atoms with Crippen LogP contribution in [0.4, 0.5) is 5.82 Å². The van der Waals surface area contributed by atoms with Gasteiger partial charge in [0.1, 0.15) is 12.4 Å². The van der Waals surface area contributed by atoms with Gasteiger partial charge in [0.2, 0.25) is 6.10 Å². The minimum Gasteiger partial charge on any atom is -0.485 e. The zero-order chi connectivity index (χ0) is 13.9. The Kier molecular flexibility index (Phi) is 3.56. The van der Waals surface area contributed by atoms with Gasteiger partial charge >= 0.3 is 0 Å². The summed E-state index contributed by atoms with van der Waals surface area (Å²) in [6, 6.07) is 10.8. The van der Waals surface area contributed by atoms with E-state index in [2.05, 4.69) is 26.2 Å². The van der Waals surface area contributed by atoms with Crippen molar-refractivity contribution in [2.45, 2.75) is 6.10 Å². The highest BCUT2D eigenvalue weighted by molar-refractivity contribution is 9.10. The lowest BCUT2D eigenvalue weighted by Crippen LogP contribution is -2.40. The van der Waals surface area contributed by atoms with Gasteiger partial charge < -0.3 is 14.8 Å². The van der Waals surface area contributed by atoms with Crippen molar-refractivity contribution in [2.75, 3.05) is 11.9 Å². The fourth-order valence-electron chi connectivity index (χ4n) is 1.83. The smallest absolute Gasteiger partial charge is 0.270 e. The van der Waals surface area contributed by atoms with Crippen LogP contribution in [0.5, 0.6) is 11.5 Å². The van der Waals surface area contributed by atoms with Crippen molar-refractivity contribution >= 4 is 27.7 Å². The summed E-state index contributed by atoms with van der Waals surface area (Å²) < 4.78 is 12.0. The number of nitrogens with one attached hydrogen (secondary N) is 1. The van der Waals surface area contributed by atoms with Crippen LogP contribution in [0.25, 0.3) is 0 Å². The van der Waals surface area contributed by atoms with Crippen molar-refractivity contribution in [3.8, 4) is 11.5 Å². The maximum atomic E-state index is 12.1. The first-order valence-electron chi connectivity index (χ1n) is 6.03. The summed E-state index contributed by atoms with van der Waals surface area (Å²) in [5.41, 5.74) is 0. The second-order valence-corrected chi connectivity index (χ2v) is 5.13. The van der Waals surface area contributed by atoms with Crippen molar-refractivity contribution in [1.29, 1.82) is 0 Å². The Morgan fingerprint density at radius 1 is 1.30 bits per heavy atom. The van der Waals surface area contributed by atoms with Gasteiger partial charge in [-0.15, -0.1) is 0 Å². The first-order valence-corrected chi connectivity index (χ1v) is 6.82. The van der Waals surface area contributed by atoms with Crippen molar-refractivity contribution in [3.63, 3.8) is 0 Å². The molecule has 1 atom stereocenters. The second kappa shape index (κ2) is 5.50. The van der Waals surface area contributed by atoms with Crippen LogP contribution in [0, 0.1) is 0 Å². The molecule has 2 aromatic rings. The first-order chi connectivity index (χ1) is 9.72. The average Bonchev–Trinajstić information content (AvgIpc) is 2.47. The zero-order valence-corrected chi connectivity index (χ0v) is 12.0. The summed E-state index contributed by atoms with van der Waals surface area (Å²) in [6.07, 6.45) is 0.915. The lowest BCUT2D eigenvalue weighted by Gasteiger charge is -2.25. The molecule has 1 aliphatic rings. The Morgan fingerprint density at radius 2 is 2.10 bits per heavy atom. The lowest BCUT2D eigenvalue weighted by molar-refractivity contribution is -0.125. The lowest BCUT2D eigenvalue weighted by atomic mass is 10.2. The highest BCUT2D eigenvalue weighted by Crippen LogP contribution is 2.31. The number of rotatable bonds is 2. The van der Waals surface area contributed by atoms with E-state index in [0.29, 0.717) is 17.3 Å². The fraction of sp³-hybridized carbons (Fsp3) is 0.143. The molecule has 0 saturated heterocycles. The van der Waals surface area contributed by atoms with Gasteiger partial charge in [-0.05, 0) is 24.3 Å². The summed E-state index contributed by atoms with van der Waals surface area (Å²) in [5, 5.41) is 2.70. The van der Waals surface area contributed by atoms with Gasteiger partial charge in [0.25, 0.3) is 5.91 Å². The quantitative estimate of drug-likeness (QED) is 0.917. The van der Waals surface area contributed by atoms with Crippen LogP contribution in [0.3, 0.4) is 0 Å². The van der Waals surface area contributed by atoms with Gasteiger partial charge in [-0.2, -0.15) is 0 Å².